The molecule has 0 unspecified atom stereocenters. The number of nitrogens with one attached hydrogen (secondary N) is 2. The Morgan fingerprint density at radius 2 is 2.18 bits per heavy atom. The summed E-state index contributed by atoms with van der Waals surface area (Å²) in [5, 5.41) is 5.75. The monoisotopic (exact) mass is 234 g/mol. The summed E-state index contributed by atoms with van der Waals surface area (Å²) in [7, 11) is 0. The second kappa shape index (κ2) is 5.57. The Hall–Kier alpha value is -1.71. The van der Waals surface area contributed by atoms with Crippen LogP contribution in [0.2, 0.25) is 0 Å². The highest BCUT2D eigenvalue weighted by Crippen LogP contribution is 2.24. The summed E-state index contributed by atoms with van der Waals surface area (Å²) in [6, 6.07) is 7.64. The van der Waals surface area contributed by atoms with Gasteiger partial charge in [-0.2, -0.15) is 0 Å². The molecule has 0 heterocycles. The van der Waals surface area contributed by atoms with Crippen molar-refractivity contribution in [1.82, 2.24) is 5.32 Å². The van der Waals surface area contributed by atoms with Crippen molar-refractivity contribution in [2.24, 2.45) is 0 Å². The van der Waals surface area contributed by atoms with Gasteiger partial charge in [0.25, 0.3) is 0 Å². The average Bonchev–Trinajstić information content (AvgIpc) is 2.27. The van der Waals surface area contributed by atoms with Crippen molar-refractivity contribution >= 4 is 11.7 Å². The van der Waals surface area contributed by atoms with E-state index in [2.05, 4.69) is 10.6 Å². The molecule has 92 valence electrons. The normalized spacial score (nSPS) is 14.9. The van der Waals surface area contributed by atoms with Gasteiger partial charge in [0.1, 0.15) is 5.75 Å². The molecule has 17 heavy (non-hydrogen) atoms. The summed E-state index contributed by atoms with van der Waals surface area (Å²) in [5.41, 5.74) is 0.714. The lowest BCUT2D eigenvalue weighted by molar-refractivity contribution is 0.239. The number of anilines is 1. The number of benzene rings is 1. The van der Waals surface area contributed by atoms with E-state index in [1.807, 2.05) is 31.2 Å². The minimum atomic E-state index is -0.151. The van der Waals surface area contributed by atoms with Gasteiger partial charge in [-0.25, -0.2) is 4.79 Å². The highest BCUT2D eigenvalue weighted by atomic mass is 16.5. The van der Waals surface area contributed by atoms with E-state index in [1.165, 1.54) is 6.42 Å². The van der Waals surface area contributed by atoms with E-state index < -0.39 is 0 Å². The maximum atomic E-state index is 11.7. The number of carbonyl (C=O) groups is 1. The van der Waals surface area contributed by atoms with Gasteiger partial charge in [0.05, 0.1) is 12.3 Å². The molecular formula is C13H18N2O2. The minimum Gasteiger partial charge on any atom is -0.492 e. The molecule has 0 bridgehead atoms. The molecule has 0 aromatic heterocycles. The van der Waals surface area contributed by atoms with E-state index >= 15 is 0 Å². The van der Waals surface area contributed by atoms with Gasteiger partial charge in [-0.1, -0.05) is 12.1 Å². The topological polar surface area (TPSA) is 50.4 Å². The van der Waals surface area contributed by atoms with Crippen molar-refractivity contribution in [3.8, 4) is 5.75 Å². The molecule has 2 N–H and O–H groups in total. The third kappa shape index (κ3) is 3.12. The standard InChI is InChI=1S/C13H18N2O2/c1-2-17-12-9-4-3-8-11(12)15-13(16)14-10-6-5-7-10/h3-4,8-10H,2,5-7H2,1H3,(H2,14,15,16). The summed E-state index contributed by atoms with van der Waals surface area (Å²) in [6.45, 7) is 2.51. The van der Waals surface area contributed by atoms with E-state index in [9.17, 15) is 4.79 Å². The van der Waals surface area contributed by atoms with Crippen LogP contribution in [0.25, 0.3) is 0 Å². The second-order valence-electron chi connectivity index (χ2n) is 4.16. The molecule has 0 radical (unpaired) electrons. The second-order valence-corrected chi connectivity index (χ2v) is 4.16. The third-order valence-electron chi connectivity index (χ3n) is 2.88. The van der Waals surface area contributed by atoms with Gasteiger partial charge in [-0.05, 0) is 38.3 Å². The van der Waals surface area contributed by atoms with Crippen molar-refractivity contribution in [3.63, 3.8) is 0 Å². The number of rotatable bonds is 4. The van der Waals surface area contributed by atoms with Crippen LogP contribution in [-0.2, 0) is 0 Å². The summed E-state index contributed by atoms with van der Waals surface area (Å²) in [6.07, 6.45) is 3.38. The van der Waals surface area contributed by atoms with Gasteiger partial charge >= 0.3 is 6.03 Å². The highest BCUT2D eigenvalue weighted by molar-refractivity contribution is 5.91. The maximum absolute atomic E-state index is 11.7. The maximum Gasteiger partial charge on any atom is 0.319 e. The zero-order valence-electron chi connectivity index (χ0n) is 10.0. The number of hydrogen-bond acceptors (Lipinski definition) is 2. The van der Waals surface area contributed by atoms with Crippen molar-refractivity contribution in [1.29, 1.82) is 0 Å². The van der Waals surface area contributed by atoms with Gasteiger partial charge in [0.15, 0.2) is 0 Å². The van der Waals surface area contributed by atoms with Crippen LogP contribution in [0.5, 0.6) is 5.75 Å². The first-order valence-electron chi connectivity index (χ1n) is 6.09. The van der Waals surface area contributed by atoms with Gasteiger partial charge < -0.3 is 15.4 Å². The number of hydrogen-bond donors (Lipinski definition) is 2. The van der Waals surface area contributed by atoms with Crippen LogP contribution in [0.4, 0.5) is 10.5 Å². The molecule has 1 saturated carbocycles. The Kier molecular flexibility index (Phi) is 3.85. The van der Waals surface area contributed by atoms with Crippen LogP contribution in [0, 0.1) is 0 Å². The van der Waals surface area contributed by atoms with Gasteiger partial charge in [-0.15, -0.1) is 0 Å². The average molecular weight is 234 g/mol. The number of ether oxygens (including phenoxy) is 1. The Balaban J connectivity index is 1.94. The predicted molar refractivity (Wildman–Crippen MR) is 67.4 cm³/mol. The van der Waals surface area contributed by atoms with Gasteiger partial charge in [0.2, 0.25) is 0 Å². The largest absolute Gasteiger partial charge is 0.492 e. The molecule has 0 saturated heterocycles. The summed E-state index contributed by atoms with van der Waals surface area (Å²) in [4.78, 5) is 11.7. The fraction of sp³-hybridized carbons (Fsp3) is 0.462. The zero-order chi connectivity index (χ0) is 12.1. The van der Waals surface area contributed by atoms with Crippen LogP contribution >= 0.6 is 0 Å². The Bertz CT molecular complexity index is 389. The van der Waals surface area contributed by atoms with E-state index in [-0.39, 0.29) is 6.03 Å². The van der Waals surface area contributed by atoms with E-state index in [4.69, 9.17) is 4.74 Å². The number of para-hydroxylation sites is 2. The van der Waals surface area contributed by atoms with Crippen molar-refractivity contribution < 1.29 is 9.53 Å². The first kappa shape index (κ1) is 11.8. The SMILES string of the molecule is CCOc1ccccc1NC(=O)NC1CCC1. The first-order valence-corrected chi connectivity index (χ1v) is 6.09. The smallest absolute Gasteiger partial charge is 0.319 e. The van der Waals surface area contributed by atoms with Crippen molar-refractivity contribution in [2.45, 2.75) is 32.2 Å². The summed E-state index contributed by atoms with van der Waals surface area (Å²) in [5.74, 6) is 0.707. The molecule has 1 aliphatic carbocycles. The molecule has 1 fully saturated rings. The van der Waals surface area contributed by atoms with Crippen molar-refractivity contribution in [3.05, 3.63) is 24.3 Å². The van der Waals surface area contributed by atoms with E-state index in [0.717, 1.165) is 12.8 Å². The van der Waals surface area contributed by atoms with Crippen LogP contribution in [0.1, 0.15) is 26.2 Å². The number of carbonyl (C=O) groups excluding carboxylic acids is 1. The molecule has 4 heteroatoms. The number of urea groups is 1. The lowest BCUT2D eigenvalue weighted by Gasteiger charge is -2.26. The molecule has 0 spiro atoms. The fourth-order valence-electron chi connectivity index (χ4n) is 1.75. The van der Waals surface area contributed by atoms with E-state index in [0.29, 0.717) is 24.1 Å². The molecule has 0 atom stereocenters. The fourth-order valence-corrected chi connectivity index (χ4v) is 1.75. The van der Waals surface area contributed by atoms with Gasteiger partial charge in [0, 0.05) is 6.04 Å². The zero-order valence-corrected chi connectivity index (χ0v) is 10.0. The molecule has 1 aliphatic rings. The molecule has 0 aliphatic heterocycles. The Labute approximate surface area is 101 Å². The van der Waals surface area contributed by atoms with Crippen LogP contribution in [-0.4, -0.2) is 18.7 Å². The molecule has 4 nitrogen and oxygen atoms in total. The Morgan fingerprint density at radius 3 is 2.82 bits per heavy atom. The van der Waals surface area contributed by atoms with E-state index in [1.54, 1.807) is 0 Å². The lowest BCUT2D eigenvalue weighted by atomic mass is 9.93. The molecule has 1 aromatic rings. The molecule has 2 amide bonds. The van der Waals surface area contributed by atoms with Crippen LogP contribution in [0.3, 0.4) is 0 Å². The third-order valence-corrected chi connectivity index (χ3v) is 2.88. The molecule has 1 aromatic carbocycles. The Morgan fingerprint density at radius 1 is 1.41 bits per heavy atom. The lowest BCUT2D eigenvalue weighted by Crippen LogP contribution is -2.41. The van der Waals surface area contributed by atoms with Crippen molar-refractivity contribution in [2.75, 3.05) is 11.9 Å². The summed E-state index contributed by atoms with van der Waals surface area (Å²) >= 11 is 0. The number of amides is 2. The quantitative estimate of drug-likeness (QED) is 0.841. The minimum absolute atomic E-state index is 0.151. The molecule has 2 rings (SSSR count). The first-order chi connectivity index (χ1) is 8.29. The van der Waals surface area contributed by atoms with Gasteiger partial charge in [-0.3, -0.25) is 0 Å². The highest BCUT2D eigenvalue weighted by Gasteiger charge is 2.19. The molecular weight excluding hydrogens is 216 g/mol. The van der Waals surface area contributed by atoms with Crippen LogP contribution in [0.15, 0.2) is 24.3 Å². The predicted octanol–water partition coefficient (Wildman–Crippen LogP) is 2.76. The summed E-state index contributed by atoms with van der Waals surface area (Å²) < 4.78 is 5.44. The van der Waals surface area contributed by atoms with Crippen LogP contribution < -0.4 is 15.4 Å².